The van der Waals surface area contributed by atoms with Gasteiger partial charge in [-0.15, -0.1) is 0 Å². The van der Waals surface area contributed by atoms with Crippen molar-refractivity contribution in [3.63, 3.8) is 0 Å². The van der Waals surface area contributed by atoms with Gasteiger partial charge in [0.2, 0.25) is 5.91 Å². The van der Waals surface area contributed by atoms with Gasteiger partial charge in [0.1, 0.15) is 0 Å². The third kappa shape index (κ3) is 11.0. The number of hydrogen-bond acceptors (Lipinski definition) is 4. The van der Waals surface area contributed by atoms with Crippen LogP contribution in [0.15, 0.2) is 12.2 Å². The van der Waals surface area contributed by atoms with Crippen molar-refractivity contribution in [2.75, 3.05) is 39.5 Å². The van der Waals surface area contributed by atoms with Crippen LogP contribution in [0.1, 0.15) is 26.2 Å². The van der Waals surface area contributed by atoms with E-state index in [9.17, 15) is 17.8 Å². The van der Waals surface area contributed by atoms with Gasteiger partial charge in [-0.1, -0.05) is 6.58 Å². The van der Waals surface area contributed by atoms with E-state index in [2.05, 4.69) is 11.9 Å². The smallest absolute Gasteiger partial charge is 0.246 e. The van der Waals surface area contributed by atoms with Gasteiger partial charge in [-0.3, -0.25) is 4.79 Å². The molecular formula is C13H26N2O4S. The van der Waals surface area contributed by atoms with Crippen LogP contribution < -0.4 is 5.32 Å². The van der Waals surface area contributed by atoms with Gasteiger partial charge in [-0.2, -0.15) is 0 Å². The fourth-order valence-electron chi connectivity index (χ4n) is 1.79. The predicted octanol–water partition coefficient (Wildman–Crippen LogP) is 0.471. The zero-order valence-electron chi connectivity index (χ0n) is 12.6. The summed E-state index contributed by atoms with van der Waals surface area (Å²) in [4.78, 5) is 11.3. The van der Waals surface area contributed by atoms with Crippen molar-refractivity contribution in [1.29, 1.82) is 0 Å². The first kappa shape index (κ1) is 19.1. The number of unbranched alkanes of at least 4 members (excludes halogenated alkanes) is 1. The average molecular weight is 306 g/mol. The first-order valence-electron chi connectivity index (χ1n) is 6.73. The summed E-state index contributed by atoms with van der Waals surface area (Å²) >= 11 is 0. The van der Waals surface area contributed by atoms with Gasteiger partial charge in [0, 0.05) is 24.3 Å². The van der Waals surface area contributed by atoms with Crippen LogP contribution in [0, 0.1) is 0 Å². The molecule has 0 aromatic carbocycles. The highest BCUT2D eigenvalue weighted by Gasteiger charge is 2.14. The molecule has 6 nitrogen and oxygen atoms in total. The van der Waals surface area contributed by atoms with Gasteiger partial charge < -0.3 is 14.4 Å². The molecule has 1 amide bonds. The maximum absolute atomic E-state index is 11.3. The fourth-order valence-corrected chi connectivity index (χ4v) is 2.35. The van der Waals surface area contributed by atoms with Crippen LogP contribution in [0.2, 0.25) is 0 Å². The molecule has 20 heavy (non-hydrogen) atoms. The quantitative estimate of drug-likeness (QED) is 0.275. The molecule has 0 aliphatic heterocycles. The third-order valence-electron chi connectivity index (χ3n) is 3.02. The van der Waals surface area contributed by atoms with E-state index in [1.807, 2.05) is 14.1 Å². The van der Waals surface area contributed by atoms with Gasteiger partial charge in [0.25, 0.3) is 0 Å². The van der Waals surface area contributed by atoms with Crippen LogP contribution in [-0.4, -0.2) is 62.8 Å². The van der Waals surface area contributed by atoms with Crippen molar-refractivity contribution in [2.24, 2.45) is 0 Å². The molecule has 0 aromatic rings. The maximum atomic E-state index is 11.3. The Hall–Kier alpha value is -0.920. The zero-order valence-corrected chi connectivity index (χ0v) is 13.5. The molecule has 0 unspecified atom stereocenters. The lowest BCUT2D eigenvalue weighted by Crippen LogP contribution is -2.42. The summed E-state index contributed by atoms with van der Waals surface area (Å²) in [5.74, 6) is -0.419. The van der Waals surface area contributed by atoms with Crippen LogP contribution >= 0.6 is 0 Å². The molecular weight excluding hydrogens is 280 g/mol. The number of carbonyl (C=O) groups is 1. The van der Waals surface area contributed by atoms with Crippen molar-refractivity contribution in [2.45, 2.75) is 26.2 Å². The molecule has 0 aliphatic carbocycles. The molecule has 0 bridgehead atoms. The van der Waals surface area contributed by atoms with Crippen LogP contribution in [0.3, 0.4) is 0 Å². The lowest BCUT2D eigenvalue weighted by molar-refractivity contribution is -0.890. The highest BCUT2D eigenvalue weighted by atomic mass is 32.2. The molecule has 0 fully saturated rings. The summed E-state index contributed by atoms with van der Waals surface area (Å²) in [6, 6.07) is 0. The van der Waals surface area contributed by atoms with Crippen LogP contribution in [0.25, 0.3) is 0 Å². The van der Waals surface area contributed by atoms with Gasteiger partial charge in [0.15, 0.2) is 0 Å². The minimum atomic E-state index is -4.09. The Kier molecular flexibility index (Phi) is 8.00. The van der Waals surface area contributed by atoms with Crippen LogP contribution in [0.5, 0.6) is 0 Å². The highest BCUT2D eigenvalue weighted by molar-refractivity contribution is 7.85. The molecule has 0 saturated heterocycles. The molecule has 7 heteroatoms. The number of hydrogen-bond donors (Lipinski definition) is 1. The van der Waals surface area contributed by atoms with Crippen molar-refractivity contribution in [3.05, 3.63) is 12.2 Å². The second-order valence-corrected chi connectivity index (χ2v) is 7.27. The second-order valence-electron chi connectivity index (χ2n) is 5.74. The largest absolute Gasteiger partial charge is 0.748 e. The zero-order chi connectivity index (χ0) is 15.8. The van der Waals surface area contributed by atoms with E-state index in [1.165, 1.54) is 0 Å². The Labute approximate surface area is 122 Å². The maximum Gasteiger partial charge on any atom is 0.246 e. The summed E-state index contributed by atoms with van der Waals surface area (Å²) in [6.07, 6.45) is 1.94. The van der Waals surface area contributed by atoms with Gasteiger partial charge in [0.05, 0.1) is 37.3 Å². The van der Waals surface area contributed by atoms with E-state index >= 15 is 0 Å². The molecule has 0 saturated carbocycles. The fraction of sp³-hybridized carbons (Fsp3) is 0.769. The van der Waals surface area contributed by atoms with Crippen molar-refractivity contribution in [3.8, 4) is 0 Å². The number of amides is 1. The van der Waals surface area contributed by atoms with Gasteiger partial charge >= 0.3 is 0 Å². The van der Waals surface area contributed by atoms with Crippen molar-refractivity contribution >= 4 is 16.0 Å². The Balaban J connectivity index is 3.79. The van der Waals surface area contributed by atoms with Crippen molar-refractivity contribution in [1.82, 2.24) is 5.32 Å². The van der Waals surface area contributed by atoms with E-state index in [-0.39, 0.29) is 11.7 Å². The summed E-state index contributed by atoms with van der Waals surface area (Å²) in [6.45, 7) is 7.51. The first-order valence-corrected chi connectivity index (χ1v) is 8.30. The third-order valence-corrected chi connectivity index (χ3v) is 3.81. The van der Waals surface area contributed by atoms with Gasteiger partial charge in [-0.25, -0.2) is 8.42 Å². The summed E-state index contributed by atoms with van der Waals surface area (Å²) in [7, 11) is 0.00263. The number of quaternary nitrogens is 1. The number of rotatable bonds is 10. The Bertz CT molecular complexity index is 430. The SMILES string of the molecule is C=C(C)C(=O)NCCC[N+](C)(C)CCCCS(=O)(=O)[O-]. The molecule has 0 aliphatic rings. The molecule has 0 radical (unpaired) electrons. The first-order chi connectivity index (χ1) is 9.03. The van der Waals surface area contributed by atoms with E-state index in [0.29, 0.717) is 25.0 Å². The van der Waals surface area contributed by atoms with E-state index < -0.39 is 10.1 Å². The Morgan fingerprint density at radius 2 is 1.75 bits per heavy atom. The molecule has 0 heterocycles. The molecule has 0 aromatic heterocycles. The molecule has 1 N–H and O–H groups in total. The minimum absolute atomic E-state index is 0.129. The monoisotopic (exact) mass is 306 g/mol. The predicted molar refractivity (Wildman–Crippen MR) is 78.1 cm³/mol. The Morgan fingerprint density at radius 1 is 1.20 bits per heavy atom. The average Bonchev–Trinajstić information content (AvgIpc) is 2.29. The molecule has 0 spiro atoms. The van der Waals surface area contributed by atoms with Crippen LogP contribution in [-0.2, 0) is 14.9 Å². The number of nitrogens with zero attached hydrogens (tertiary/aromatic N) is 1. The summed E-state index contributed by atoms with van der Waals surface area (Å²) < 4.78 is 32.2. The molecule has 0 rings (SSSR count). The lowest BCUT2D eigenvalue weighted by Gasteiger charge is -2.30. The van der Waals surface area contributed by atoms with E-state index in [1.54, 1.807) is 6.92 Å². The highest BCUT2D eigenvalue weighted by Crippen LogP contribution is 2.04. The minimum Gasteiger partial charge on any atom is -0.748 e. The van der Waals surface area contributed by atoms with E-state index in [0.717, 1.165) is 24.0 Å². The second kappa shape index (κ2) is 8.39. The number of nitrogens with one attached hydrogen (secondary N) is 1. The molecule has 118 valence electrons. The Morgan fingerprint density at radius 3 is 2.25 bits per heavy atom. The van der Waals surface area contributed by atoms with Crippen LogP contribution in [0.4, 0.5) is 0 Å². The summed E-state index contributed by atoms with van der Waals surface area (Å²) in [5.41, 5.74) is 0.498. The van der Waals surface area contributed by atoms with Gasteiger partial charge in [-0.05, 0) is 19.8 Å². The lowest BCUT2D eigenvalue weighted by atomic mass is 10.2. The standard InChI is InChI=1S/C13H26N2O4S/c1-12(2)13(16)14-8-7-10-15(3,4)9-5-6-11-20(17,18)19/h1,5-11H2,2-4H3,(H-,14,16,17,18,19). The number of carbonyl (C=O) groups excluding carboxylic acids is 1. The normalized spacial score (nSPS) is 12.2. The summed E-state index contributed by atoms with van der Waals surface area (Å²) in [5, 5.41) is 2.77. The molecule has 0 atom stereocenters. The van der Waals surface area contributed by atoms with Crippen molar-refractivity contribution < 1.29 is 22.2 Å². The topological polar surface area (TPSA) is 86.3 Å². The van der Waals surface area contributed by atoms with E-state index in [4.69, 9.17) is 0 Å².